The number of rotatable bonds is 5. The van der Waals surface area contributed by atoms with Crippen LogP contribution in [0.2, 0.25) is 5.02 Å². The first-order valence-corrected chi connectivity index (χ1v) is 11.2. The van der Waals surface area contributed by atoms with E-state index in [2.05, 4.69) is 20.8 Å². The van der Waals surface area contributed by atoms with Gasteiger partial charge in [-0.1, -0.05) is 17.7 Å². The Labute approximate surface area is 196 Å². The van der Waals surface area contributed by atoms with Crippen LogP contribution in [0, 0.1) is 5.41 Å². The highest BCUT2D eigenvalue weighted by atomic mass is 35.5. The van der Waals surface area contributed by atoms with Gasteiger partial charge in [-0.3, -0.25) is 14.4 Å². The number of piperidine rings is 1. The molecule has 174 valence electrons. The second-order valence-electron chi connectivity index (χ2n) is 8.64. The summed E-state index contributed by atoms with van der Waals surface area (Å²) >= 11 is 6.03. The zero-order valence-corrected chi connectivity index (χ0v) is 19.2. The summed E-state index contributed by atoms with van der Waals surface area (Å²) in [6.45, 7) is 4.28. The van der Waals surface area contributed by atoms with Gasteiger partial charge in [-0.25, -0.2) is 4.68 Å². The Morgan fingerprint density at radius 1 is 1.15 bits per heavy atom. The second kappa shape index (κ2) is 9.70. The summed E-state index contributed by atoms with van der Waals surface area (Å²) in [5.74, 6) is -0.265. The number of benzene rings is 1. The fraction of sp³-hybridized carbons (Fsp3) is 0.455. The molecule has 1 aromatic carbocycles. The molecule has 33 heavy (non-hydrogen) atoms. The number of tetrazole rings is 1. The SMILES string of the molecule is CC(=O)Nc1cc(Cl)ccc1/C=C/C(=O)N1CCC2(CCN(C(=O)Cn3cnnn3)CC2)C1. The van der Waals surface area contributed by atoms with Gasteiger partial charge in [0.25, 0.3) is 0 Å². The van der Waals surface area contributed by atoms with Crippen LogP contribution in [0.3, 0.4) is 0 Å². The number of amides is 3. The quantitative estimate of drug-likeness (QED) is 0.665. The molecular formula is C22H26ClN7O3. The maximum absolute atomic E-state index is 12.8. The number of aromatic nitrogens is 4. The lowest BCUT2D eigenvalue weighted by Gasteiger charge is -2.39. The van der Waals surface area contributed by atoms with Gasteiger partial charge in [-0.15, -0.1) is 5.10 Å². The van der Waals surface area contributed by atoms with E-state index in [0.29, 0.717) is 42.5 Å². The van der Waals surface area contributed by atoms with Crippen LogP contribution in [0.25, 0.3) is 6.08 Å². The second-order valence-corrected chi connectivity index (χ2v) is 9.08. The number of anilines is 1. The molecule has 0 atom stereocenters. The average Bonchev–Trinajstić information content (AvgIpc) is 3.43. The Morgan fingerprint density at radius 2 is 1.88 bits per heavy atom. The molecule has 4 rings (SSSR count). The summed E-state index contributed by atoms with van der Waals surface area (Å²) in [6, 6.07) is 5.15. The van der Waals surface area contributed by atoms with E-state index >= 15 is 0 Å². The minimum Gasteiger partial charge on any atom is -0.341 e. The van der Waals surface area contributed by atoms with Gasteiger partial charge in [-0.2, -0.15) is 0 Å². The minimum absolute atomic E-state index is 0.00366. The topological polar surface area (TPSA) is 113 Å². The van der Waals surface area contributed by atoms with E-state index in [4.69, 9.17) is 11.6 Å². The lowest BCUT2D eigenvalue weighted by molar-refractivity contribution is -0.134. The van der Waals surface area contributed by atoms with Gasteiger partial charge in [0, 0.05) is 49.9 Å². The van der Waals surface area contributed by atoms with Crippen molar-refractivity contribution in [2.45, 2.75) is 32.7 Å². The summed E-state index contributed by atoms with van der Waals surface area (Å²) < 4.78 is 1.42. The van der Waals surface area contributed by atoms with Crippen molar-refractivity contribution in [3.05, 3.63) is 41.2 Å². The summed E-state index contributed by atoms with van der Waals surface area (Å²) in [5.41, 5.74) is 1.33. The number of nitrogens with one attached hydrogen (secondary N) is 1. The molecule has 3 heterocycles. The van der Waals surface area contributed by atoms with Crippen LogP contribution in [0.1, 0.15) is 31.7 Å². The molecular weight excluding hydrogens is 446 g/mol. The molecule has 1 N–H and O–H groups in total. The van der Waals surface area contributed by atoms with Crippen LogP contribution < -0.4 is 5.32 Å². The number of carbonyl (C=O) groups is 3. The van der Waals surface area contributed by atoms with Crippen LogP contribution in [0.4, 0.5) is 5.69 Å². The Balaban J connectivity index is 1.32. The standard InChI is InChI=1S/C22H26ClN7O3/c1-16(31)25-19-12-18(23)4-2-17(19)3-5-20(32)29-11-8-22(14-29)6-9-28(10-7-22)21(33)13-30-15-24-26-27-30/h2-5,12,15H,6-11,13-14H2,1H3,(H,25,31)/b5-3+. The summed E-state index contributed by atoms with van der Waals surface area (Å²) in [6.07, 6.45) is 7.34. The highest BCUT2D eigenvalue weighted by molar-refractivity contribution is 6.31. The van der Waals surface area contributed by atoms with E-state index in [9.17, 15) is 14.4 Å². The lowest BCUT2D eigenvalue weighted by Crippen LogP contribution is -2.45. The molecule has 2 aliphatic rings. The Hall–Kier alpha value is -3.27. The monoisotopic (exact) mass is 471 g/mol. The zero-order valence-electron chi connectivity index (χ0n) is 18.4. The van der Waals surface area contributed by atoms with Crippen molar-refractivity contribution in [1.29, 1.82) is 0 Å². The van der Waals surface area contributed by atoms with Crippen LogP contribution in [0.5, 0.6) is 0 Å². The van der Waals surface area contributed by atoms with Crippen molar-refractivity contribution >= 4 is 41.1 Å². The summed E-state index contributed by atoms with van der Waals surface area (Å²) in [7, 11) is 0. The van der Waals surface area contributed by atoms with Crippen molar-refractivity contribution in [2.75, 3.05) is 31.5 Å². The first-order chi connectivity index (χ1) is 15.8. The molecule has 1 aromatic heterocycles. The van der Waals surface area contributed by atoms with Crippen molar-refractivity contribution in [2.24, 2.45) is 5.41 Å². The molecule has 2 fully saturated rings. The fourth-order valence-electron chi connectivity index (χ4n) is 4.49. The van der Waals surface area contributed by atoms with Crippen LogP contribution in [0.15, 0.2) is 30.6 Å². The van der Waals surface area contributed by atoms with Crippen molar-refractivity contribution < 1.29 is 14.4 Å². The predicted molar refractivity (Wildman–Crippen MR) is 122 cm³/mol. The van der Waals surface area contributed by atoms with Gasteiger partial charge in [0.1, 0.15) is 12.9 Å². The van der Waals surface area contributed by atoms with Gasteiger partial charge in [-0.05, 0) is 58.9 Å². The Kier molecular flexibility index (Phi) is 6.73. The van der Waals surface area contributed by atoms with Crippen molar-refractivity contribution in [3.63, 3.8) is 0 Å². The number of carbonyl (C=O) groups excluding carboxylic acids is 3. The Bertz CT molecular complexity index is 1060. The minimum atomic E-state index is -0.206. The molecule has 0 unspecified atom stereocenters. The third-order valence-corrected chi connectivity index (χ3v) is 6.58. The highest BCUT2D eigenvalue weighted by Gasteiger charge is 2.42. The van der Waals surface area contributed by atoms with Gasteiger partial charge < -0.3 is 15.1 Å². The van der Waals surface area contributed by atoms with E-state index in [1.54, 1.807) is 30.4 Å². The Morgan fingerprint density at radius 3 is 2.55 bits per heavy atom. The van der Waals surface area contributed by atoms with E-state index in [1.807, 2.05) is 9.80 Å². The smallest absolute Gasteiger partial charge is 0.246 e. The molecule has 2 aliphatic heterocycles. The molecule has 2 saturated heterocycles. The van der Waals surface area contributed by atoms with Crippen molar-refractivity contribution in [1.82, 2.24) is 30.0 Å². The predicted octanol–water partition coefficient (Wildman–Crippen LogP) is 1.84. The van der Waals surface area contributed by atoms with Crippen molar-refractivity contribution in [3.8, 4) is 0 Å². The maximum atomic E-state index is 12.8. The number of halogens is 1. The van der Waals surface area contributed by atoms with Gasteiger partial charge in [0.05, 0.1) is 0 Å². The van der Waals surface area contributed by atoms with Crippen LogP contribution in [-0.2, 0) is 20.9 Å². The largest absolute Gasteiger partial charge is 0.341 e. The highest BCUT2D eigenvalue weighted by Crippen LogP contribution is 2.40. The first kappa shape index (κ1) is 22.9. The first-order valence-electron chi connectivity index (χ1n) is 10.9. The molecule has 0 saturated carbocycles. The number of likely N-dealkylation sites (tertiary alicyclic amines) is 2. The molecule has 11 heteroatoms. The number of hydrogen-bond donors (Lipinski definition) is 1. The van der Waals surface area contributed by atoms with E-state index in [-0.39, 0.29) is 29.7 Å². The molecule has 10 nitrogen and oxygen atoms in total. The average molecular weight is 472 g/mol. The van der Waals surface area contributed by atoms with Gasteiger partial charge >= 0.3 is 0 Å². The normalized spacial score (nSPS) is 17.6. The third kappa shape index (κ3) is 5.57. The van der Waals surface area contributed by atoms with E-state index in [0.717, 1.165) is 19.3 Å². The summed E-state index contributed by atoms with van der Waals surface area (Å²) in [4.78, 5) is 40.5. The molecule has 3 amide bonds. The zero-order chi connectivity index (χ0) is 23.4. The number of nitrogens with zero attached hydrogens (tertiary/aromatic N) is 6. The number of hydrogen-bond acceptors (Lipinski definition) is 6. The van der Waals surface area contributed by atoms with E-state index < -0.39 is 0 Å². The van der Waals surface area contributed by atoms with E-state index in [1.165, 1.54) is 17.9 Å². The molecule has 2 aromatic rings. The maximum Gasteiger partial charge on any atom is 0.246 e. The third-order valence-electron chi connectivity index (χ3n) is 6.35. The van der Waals surface area contributed by atoms with Crippen LogP contribution >= 0.6 is 11.6 Å². The molecule has 1 spiro atoms. The van der Waals surface area contributed by atoms with Crippen LogP contribution in [-0.4, -0.2) is 73.9 Å². The molecule has 0 bridgehead atoms. The summed E-state index contributed by atoms with van der Waals surface area (Å²) in [5, 5.41) is 14.1. The molecule has 0 radical (unpaired) electrons. The van der Waals surface area contributed by atoms with Gasteiger partial charge in [0.15, 0.2) is 0 Å². The molecule has 0 aliphatic carbocycles. The van der Waals surface area contributed by atoms with Gasteiger partial charge in [0.2, 0.25) is 17.7 Å². The lowest BCUT2D eigenvalue weighted by atomic mass is 9.78. The fourth-order valence-corrected chi connectivity index (χ4v) is 4.66.